The molecule has 0 aliphatic heterocycles. The molecule has 1 nitrogen and oxygen atoms in total. The Balaban J connectivity index is 1.69. The van der Waals surface area contributed by atoms with Crippen molar-refractivity contribution in [3.63, 3.8) is 0 Å². The van der Waals surface area contributed by atoms with Crippen molar-refractivity contribution in [1.82, 2.24) is 0 Å². The van der Waals surface area contributed by atoms with Crippen molar-refractivity contribution < 1.29 is 5.11 Å². The van der Waals surface area contributed by atoms with Crippen LogP contribution in [0.1, 0.15) is 38.5 Å². The summed E-state index contributed by atoms with van der Waals surface area (Å²) >= 11 is 1.90. The molecule has 2 fully saturated rings. The molecule has 0 bridgehead atoms. The van der Waals surface area contributed by atoms with E-state index < -0.39 is 0 Å². The van der Waals surface area contributed by atoms with Gasteiger partial charge in [0.2, 0.25) is 0 Å². The van der Waals surface area contributed by atoms with Crippen molar-refractivity contribution in [2.45, 2.75) is 54.3 Å². The van der Waals surface area contributed by atoms with E-state index in [0.717, 1.165) is 0 Å². The Morgan fingerprint density at radius 1 is 1.12 bits per heavy atom. The molecule has 0 aromatic heterocycles. The lowest BCUT2D eigenvalue weighted by molar-refractivity contribution is 0.101. The molecule has 0 radical (unpaired) electrons. The minimum atomic E-state index is -0.0878. The van der Waals surface area contributed by atoms with Crippen LogP contribution < -0.4 is 0 Å². The van der Waals surface area contributed by atoms with Crippen LogP contribution in [0.5, 0.6) is 0 Å². The molecule has 1 atom stereocenters. The number of benzene rings is 1. The highest BCUT2D eigenvalue weighted by Crippen LogP contribution is 2.56. The van der Waals surface area contributed by atoms with Crippen LogP contribution in [0.25, 0.3) is 0 Å². The zero-order valence-corrected chi connectivity index (χ0v) is 11.0. The maximum atomic E-state index is 10.6. The predicted octanol–water partition coefficient (Wildman–Crippen LogP) is 3.86. The molecular weight excluding hydrogens is 228 g/mol. The monoisotopic (exact) mass is 248 g/mol. The average molecular weight is 248 g/mol. The van der Waals surface area contributed by atoms with Gasteiger partial charge in [-0.3, -0.25) is 0 Å². The molecule has 1 aromatic rings. The van der Waals surface area contributed by atoms with E-state index in [1.54, 1.807) is 0 Å². The smallest absolute Gasteiger partial charge is 0.0718 e. The summed E-state index contributed by atoms with van der Waals surface area (Å²) in [5.74, 6) is 0.564. The van der Waals surface area contributed by atoms with E-state index in [4.69, 9.17) is 0 Å². The summed E-state index contributed by atoms with van der Waals surface area (Å²) in [7, 11) is 0. The van der Waals surface area contributed by atoms with Gasteiger partial charge in [-0.25, -0.2) is 0 Å². The van der Waals surface area contributed by atoms with Crippen molar-refractivity contribution in [2.24, 2.45) is 5.92 Å². The second kappa shape index (κ2) is 4.66. The first-order chi connectivity index (χ1) is 8.30. The minimum absolute atomic E-state index is 0.0878. The van der Waals surface area contributed by atoms with Gasteiger partial charge in [-0.2, -0.15) is 0 Å². The zero-order valence-electron chi connectivity index (χ0n) is 10.1. The summed E-state index contributed by atoms with van der Waals surface area (Å²) in [6.45, 7) is 0. The topological polar surface area (TPSA) is 20.2 Å². The molecule has 0 amide bonds. The molecule has 1 unspecified atom stereocenters. The predicted molar refractivity (Wildman–Crippen MR) is 72.2 cm³/mol. The number of aliphatic hydroxyl groups is 1. The number of aliphatic hydroxyl groups excluding tert-OH is 1. The summed E-state index contributed by atoms with van der Waals surface area (Å²) in [6.07, 6.45) is 7.38. The Morgan fingerprint density at radius 2 is 1.76 bits per heavy atom. The molecule has 1 N–H and O–H groups in total. The quantitative estimate of drug-likeness (QED) is 0.873. The fourth-order valence-corrected chi connectivity index (χ4v) is 4.39. The molecule has 2 aliphatic rings. The van der Waals surface area contributed by atoms with Crippen LogP contribution in [-0.2, 0) is 0 Å². The summed E-state index contributed by atoms with van der Waals surface area (Å²) in [6, 6.07) is 10.5. The number of rotatable bonds is 4. The largest absolute Gasteiger partial charge is 0.391 e. The minimum Gasteiger partial charge on any atom is -0.391 e. The Hall–Kier alpha value is -0.470. The van der Waals surface area contributed by atoms with Crippen molar-refractivity contribution >= 4 is 11.8 Å². The summed E-state index contributed by atoms with van der Waals surface area (Å²) < 4.78 is 0.149. The Labute approximate surface area is 108 Å². The lowest BCUT2D eigenvalue weighted by Gasteiger charge is -2.26. The molecule has 0 spiro atoms. The van der Waals surface area contributed by atoms with E-state index in [9.17, 15) is 5.11 Å². The zero-order chi connectivity index (χ0) is 11.7. The van der Waals surface area contributed by atoms with Gasteiger partial charge in [-0.15, -0.1) is 11.8 Å². The fourth-order valence-electron chi connectivity index (χ4n) is 3.01. The van der Waals surface area contributed by atoms with Gasteiger partial charge in [0.1, 0.15) is 0 Å². The summed E-state index contributed by atoms with van der Waals surface area (Å²) in [5, 5.41) is 10.6. The van der Waals surface area contributed by atoms with Gasteiger partial charge in [0.25, 0.3) is 0 Å². The van der Waals surface area contributed by atoms with Crippen molar-refractivity contribution in [1.29, 1.82) is 0 Å². The summed E-state index contributed by atoms with van der Waals surface area (Å²) in [5.41, 5.74) is 0. The third-order valence-electron chi connectivity index (χ3n) is 4.19. The molecule has 2 aliphatic carbocycles. The van der Waals surface area contributed by atoms with E-state index in [1.165, 1.54) is 43.4 Å². The van der Waals surface area contributed by atoms with Gasteiger partial charge in [0.05, 0.1) is 6.10 Å². The molecule has 17 heavy (non-hydrogen) atoms. The van der Waals surface area contributed by atoms with E-state index in [0.29, 0.717) is 5.92 Å². The van der Waals surface area contributed by atoms with Crippen molar-refractivity contribution in [3.05, 3.63) is 30.3 Å². The van der Waals surface area contributed by atoms with E-state index in [1.807, 2.05) is 11.8 Å². The summed E-state index contributed by atoms with van der Waals surface area (Å²) in [4.78, 5) is 1.31. The highest BCUT2D eigenvalue weighted by molar-refractivity contribution is 8.01. The first kappa shape index (κ1) is 11.6. The first-order valence-corrected chi connectivity index (χ1v) is 7.54. The van der Waals surface area contributed by atoms with Crippen LogP contribution >= 0.6 is 11.8 Å². The Kier molecular flexibility index (Phi) is 3.18. The maximum absolute atomic E-state index is 10.6. The van der Waals surface area contributed by atoms with Crippen LogP contribution in [0, 0.1) is 5.92 Å². The van der Waals surface area contributed by atoms with Gasteiger partial charge in [0.15, 0.2) is 0 Å². The normalized spacial score (nSPS) is 24.8. The molecule has 0 saturated heterocycles. The Morgan fingerprint density at radius 3 is 2.35 bits per heavy atom. The lowest BCUT2D eigenvalue weighted by Crippen LogP contribution is -2.31. The van der Waals surface area contributed by atoms with Crippen LogP contribution in [0.4, 0.5) is 0 Å². The highest BCUT2D eigenvalue weighted by atomic mass is 32.2. The lowest BCUT2D eigenvalue weighted by atomic mass is 9.97. The van der Waals surface area contributed by atoms with Crippen molar-refractivity contribution in [2.75, 3.05) is 0 Å². The third-order valence-corrected chi connectivity index (χ3v) is 5.76. The van der Waals surface area contributed by atoms with Crippen LogP contribution in [-0.4, -0.2) is 16.0 Å². The van der Waals surface area contributed by atoms with Gasteiger partial charge in [0, 0.05) is 9.64 Å². The number of hydrogen-bond acceptors (Lipinski definition) is 2. The standard InChI is InChI=1S/C15H20OS/c16-14(12-6-4-5-7-12)15(10-11-15)17-13-8-2-1-3-9-13/h1-3,8-9,12,14,16H,4-7,10-11H2. The van der Waals surface area contributed by atoms with E-state index in [-0.39, 0.29) is 10.9 Å². The molecule has 92 valence electrons. The van der Waals surface area contributed by atoms with Crippen LogP contribution in [0.2, 0.25) is 0 Å². The maximum Gasteiger partial charge on any atom is 0.0718 e. The first-order valence-electron chi connectivity index (χ1n) is 6.72. The van der Waals surface area contributed by atoms with Gasteiger partial charge in [-0.1, -0.05) is 31.0 Å². The van der Waals surface area contributed by atoms with E-state index >= 15 is 0 Å². The molecule has 2 saturated carbocycles. The number of thioether (sulfide) groups is 1. The molecule has 0 heterocycles. The van der Waals surface area contributed by atoms with Gasteiger partial charge in [-0.05, 0) is 43.7 Å². The second-order valence-corrected chi connectivity index (χ2v) is 6.96. The molecular formula is C15H20OS. The molecule has 1 aromatic carbocycles. The second-order valence-electron chi connectivity index (χ2n) is 5.47. The number of hydrogen-bond donors (Lipinski definition) is 1. The highest BCUT2D eigenvalue weighted by Gasteiger charge is 2.52. The van der Waals surface area contributed by atoms with Crippen molar-refractivity contribution in [3.8, 4) is 0 Å². The van der Waals surface area contributed by atoms with Crippen LogP contribution in [0.15, 0.2) is 35.2 Å². The van der Waals surface area contributed by atoms with Gasteiger partial charge >= 0.3 is 0 Å². The fraction of sp³-hybridized carbons (Fsp3) is 0.600. The van der Waals surface area contributed by atoms with Crippen LogP contribution in [0.3, 0.4) is 0 Å². The molecule has 2 heteroatoms. The van der Waals surface area contributed by atoms with Gasteiger partial charge < -0.3 is 5.11 Å². The average Bonchev–Trinajstić information content (AvgIpc) is 2.94. The van der Waals surface area contributed by atoms with E-state index in [2.05, 4.69) is 30.3 Å². The SMILES string of the molecule is OC(C1CCCC1)C1(Sc2ccccc2)CC1. The third kappa shape index (κ3) is 2.38. The Bertz CT molecular complexity index is 366. The molecule has 3 rings (SSSR count).